The first-order valence-electron chi connectivity index (χ1n) is 2.83. The molecule has 0 saturated heterocycles. The minimum Gasteiger partial charge on any atom is -0.419 e. The lowest BCUT2D eigenvalue weighted by atomic mass is 10.4. The fourth-order valence-corrected chi connectivity index (χ4v) is 0.257. The van der Waals surface area contributed by atoms with E-state index < -0.39 is 23.7 Å². The van der Waals surface area contributed by atoms with Gasteiger partial charge in [0.25, 0.3) is 5.91 Å². The maximum absolute atomic E-state index is 10.5. The molecule has 0 aliphatic heterocycles. The molecule has 0 aliphatic carbocycles. The maximum atomic E-state index is 10.5. The molecule has 0 radical (unpaired) electrons. The van der Waals surface area contributed by atoms with E-state index in [1.165, 1.54) is 6.92 Å². The quantitative estimate of drug-likeness (QED) is 0.311. The van der Waals surface area contributed by atoms with Crippen LogP contribution in [0.15, 0.2) is 12.3 Å². The van der Waals surface area contributed by atoms with Crippen molar-refractivity contribution in [3.05, 3.63) is 12.3 Å². The molecule has 1 unspecified atom stereocenters. The molecule has 0 spiro atoms. The molecule has 5 heteroatoms. The number of aliphatic hydroxyl groups is 1. The van der Waals surface area contributed by atoms with Crippen molar-refractivity contribution in [1.82, 2.24) is 0 Å². The van der Waals surface area contributed by atoms with E-state index in [4.69, 9.17) is 5.11 Å². The Bertz CT molecular complexity index is 197. The summed E-state index contributed by atoms with van der Waals surface area (Å²) in [6.45, 7) is 4.25. The third kappa shape index (κ3) is 3.36. The predicted octanol–water partition coefficient (Wildman–Crippen LogP) is -1.09. The minimum atomic E-state index is -1.29. The molecule has 0 aromatic rings. The molecule has 0 rings (SSSR count). The van der Waals surface area contributed by atoms with Crippen molar-refractivity contribution in [2.75, 3.05) is 0 Å². The number of rotatable bonds is 3. The molecule has 0 saturated carbocycles. The van der Waals surface area contributed by atoms with Gasteiger partial charge in [0.1, 0.15) is 6.10 Å². The van der Waals surface area contributed by atoms with Crippen molar-refractivity contribution < 1.29 is 19.4 Å². The molecule has 62 valence electrons. The van der Waals surface area contributed by atoms with Gasteiger partial charge in [0.15, 0.2) is 5.76 Å². The first kappa shape index (κ1) is 9.64. The number of primary amides is 1. The van der Waals surface area contributed by atoms with E-state index in [0.717, 1.165) is 0 Å². The average molecular weight is 159 g/mol. The Hall–Kier alpha value is -1.36. The van der Waals surface area contributed by atoms with Gasteiger partial charge in [-0.05, 0) is 6.92 Å². The summed E-state index contributed by atoms with van der Waals surface area (Å²) in [7, 11) is 0. The van der Waals surface area contributed by atoms with Crippen molar-refractivity contribution in [3.63, 3.8) is 0 Å². The van der Waals surface area contributed by atoms with Gasteiger partial charge in [0, 0.05) is 0 Å². The van der Waals surface area contributed by atoms with Crippen LogP contribution >= 0.6 is 0 Å². The largest absolute Gasteiger partial charge is 0.419 e. The Morgan fingerprint density at radius 3 is 2.36 bits per heavy atom. The van der Waals surface area contributed by atoms with Crippen LogP contribution in [0.4, 0.5) is 0 Å². The molecule has 0 bridgehead atoms. The van der Waals surface area contributed by atoms with Gasteiger partial charge < -0.3 is 15.6 Å². The molecule has 3 N–H and O–H groups in total. The lowest BCUT2D eigenvalue weighted by Gasteiger charge is -2.04. The van der Waals surface area contributed by atoms with E-state index in [9.17, 15) is 9.59 Å². The molecule has 0 aliphatic rings. The fourth-order valence-electron chi connectivity index (χ4n) is 0.257. The molecule has 0 heterocycles. The Balaban J connectivity index is 3.96. The zero-order valence-corrected chi connectivity index (χ0v) is 6.03. The Morgan fingerprint density at radius 1 is 1.64 bits per heavy atom. The standard InChI is InChI=1S/C6H9NO4/c1-3(8)6(10)11-4(2)5(7)9/h3,8H,2H2,1H3,(H2,7,9). The van der Waals surface area contributed by atoms with Crippen molar-refractivity contribution in [3.8, 4) is 0 Å². The van der Waals surface area contributed by atoms with Crippen LogP contribution in [0.3, 0.4) is 0 Å². The van der Waals surface area contributed by atoms with Gasteiger partial charge in [-0.1, -0.05) is 6.58 Å². The smallest absolute Gasteiger partial charge is 0.340 e. The second-order valence-corrected chi connectivity index (χ2v) is 1.88. The lowest BCUT2D eigenvalue weighted by Crippen LogP contribution is -2.24. The summed E-state index contributed by atoms with van der Waals surface area (Å²) in [6.07, 6.45) is -1.29. The van der Waals surface area contributed by atoms with Crippen LogP contribution in [0.5, 0.6) is 0 Å². The topological polar surface area (TPSA) is 89.6 Å². The van der Waals surface area contributed by atoms with E-state index in [2.05, 4.69) is 17.0 Å². The van der Waals surface area contributed by atoms with E-state index in [-0.39, 0.29) is 0 Å². The van der Waals surface area contributed by atoms with Gasteiger partial charge in [0.05, 0.1) is 0 Å². The number of aliphatic hydroxyl groups excluding tert-OH is 1. The van der Waals surface area contributed by atoms with Crippen LogP contribution in [0.2, 0.25) is 0 Å². The molecular weight excluding hydrogens is 150 g/mol. The SMILES string of the molecule is C=C(OC(=O)C(C)O)C(N)=O. The van der Waals surface area contributed by atoms with Crippen molar-refractivity contribution in [2.45, 2.75) is 13.0 Å². The summed E-state index contributed by atoms with van der Waals surface area (Å²) in [6, 6.07) is 0. The van der Waals surface area contributed by atoms with E-state index in [1.807, 2.05) is 0 Å². The van der Waals surface area contributed by atoms with Gasteiger partial charge in [-0.3, -0.25) is 4.79 Å². The molecule has 0 fully saturated rings. The Kier molecular flexibility index (Phi) is 3.26. The van der Waals surface area contributed by atoms with Crippen LogP contribution in [0.1, 0.15) is 6.92 Å². The highest BCUT2D eigenvalue weighted by molar-refractivity contribution is 5.92. The van der Waals surface area contributed by atoms with Crippen LogP contribution in [-0.4, -0.2) is 23.1 Å². The van der Waals surface area contributed by atoms with Gasteiger partial charge in [-0.2, -0.15) is 0 Å². The number of carbonyl (C=O) groups excluding carboxylic acids is 2. The zero-order chi connectivity index (χ0) is 9.02. The molecule has 0 aromatic carbocycles. The first-order valence-corrected chi connectivity index (χ1v) is 2.83. The molecule has 5 nitrogen and oxygen atoms in total. The monoisotopic (exact) mass is 159 g/mol. The highest BCUT2D eigenvalue weighted by Gasteiger charge is 2.14. The number of ether oxygens (including phenoxy) is 1. The third-order valence-corrected chi connectivity index (χ3v) is 0.840. The summed E-state index contributed by atoms with van der Waals surface area (Å²) >= 11 is 0. The number of esters is 1. The van der Waals surface area contributed by atoms with E-state index >= 15 is 0 Å². The molecule has 1 amide bonds. The summed E-state index contributed by atoms with van der Waals surface area (Å²) in [5.74, 6) is -2.36. The first-order chi connectivity index (χ1) is 4.95. The van der Waals surface area contributed by atoms with Crippen LogP contribution in [-0.2, 0) is 14.3 Å². The summed E-state index contributed by atoms with van der Waals surface area (Å²) in [5, 5.41) is 8.58. The summed E-state index contributed by atoms with van der Waals surface area (Å²) in [4.78, 5) is 20.7. The normalized spacial score (nSPS) is 11.8. The maximum Gasteiger partial charge on any atom is 0.340 e. The number of amides is 1. The summed E-state index contributed by atoms with van der Waals surface area (Å²) < 4.78 is 4.22. The van der Waals surface area contributed by atoms with Crippen LogP contribution in [0, 0.1) is 0 Å². The number of hydrogen-bond donors (Lipinski definition) is 2. The number of nitrogens with two attached hydrogens (primary N) is 1. The fraction of sp³-hybridized carbons (Fsp3) is 0.333. The molecule has 0 aromatic heterocycles. The van der Waals surface area contributed by atoms with Gasteiger partial charge >= 0.3 is 5.97 Å². The lowest BCUT2D eigenvalue weighted by molar-refractivity contribution is -0.150. The van der Waals surface area contributed by atoms with E-state index in [1.54, 1.807) is 0 Å². The van der Waals surface area contributed by atoms with Crippen LogP contribution < -0.4 is 5.73 Å². The second kappa shape index (κ2) is 3.72. The van der Waals surface area contributed by atoms with Gasteiger partial charge in [0.2, 0.25) is 0 Å². The third-order valence-electron chi connectivity index (χ3n) is 0.840. The Labute approximate surface area is 63.4 Å². The van der Waals surface area contributed by atoms with Crippen LogP contribution in [0.25, 0.3) is 0 Å². The van der Waals surface area contributed by atoms with Crippen molar-refractivity contribution in [2.24, 2.45) is 5.73 Å². The highest BCUT2D eigenvalue weighted by Crippen LogP contribution is 1.95. The second-order valence-electron chi connectivity index (χ2n) is 1.88. The number of carbonyl (C=O) groups is 2. The zero-order valence-electron chi connectivity index (χ0n) is 6.03. The number of hydrogen-bond acceptors (Lipinski definition) is 4. The van der Waals surface area contributed by atoms with E-state index in [0.29, 0.717) is 0 Å². The Morgan fingerprint density at radius 2 is 2.09 bits per heavy atom. The summed E-state index contributed by atoms with van der Waals surface area (Å²) in [5.41, 5.74) is 4.69. The predicted molar refractivity (Wildman–Crippen MR) is 36.1 cm³/mol. The minimum absolute atomic E-state index is 0.476. The van der Waals surface area contributed by atoms with Crippen molar-refractivity contribution in [1.29, 1.82) is 0 Å². The molecule has 1 atom stereocenters. The highest BCUT2D eigenvalue weighted by atomic mass is 16.6. The molecule has 11 heavy (non-hydrogen) atoms. The van der Waals surface area contributed by atoms with Crippen molar-refractivity contribution >= 4 is 11.9 Å². The average Bonchev–Trinajstić information content (AvgIpc) is 1.87. The van der Waals surface area contributed by atoms with Gasteiger partial charge in [-0.25, -0.2) is 4.79 Å². The molecular formula is C6H9NO4. The van der Waals surface area contributed by atoms with Gasteiger partial charge in [-0.15, -0.1) is 0 Å².